The lowest BCUT2D eigenvalue weighted by atomic mass is 10.1. The molecule has 0 saturated heterocycles. The molecule has 0 radical (unpaired) electrons. The van der Waals surface area contributed by atoms with E-state index in [4.69, 9.17) is 23.7 Å². The molecule has 134 valence electrons. The lowest BCUT2D eigenvalue weighted by Gasteiger charge is -2.14. The lowest BCUT2D eigenvalue weighted by Crippen LogP contribution is -2.13. The number of Topliss-reactive ketones (excluding diaryl/α,β-unsaturated/α-hetero) is 1. The van der Waals surface area contributed by atoms with Gasteiger partial charge in [-0.2, -0.15) is 0 Å². The molecule has 6 nitrogen and oxygen atoms in total. The Labute approximate surface area is 143 Å². The molecule has 1 heterocycles. The van der Waals surface area contributed by atoms with Crippen LogP contribution in [0.2, 0.25) is 0 Å². The van der Waals surface area contributed by atoms with Crippen molar-refractivity contribution in [3.63, 3.8) is 0 Å². The molecule has 1 aliphatic heterocycles. The van der Waals surface area contributed by atoms with E-state index in [1.54, 1.807) is 18.2 Å². The highest BCUT2D eigenvalue weighted by Crippen LogP contribution is 2.29. The third-order valence-electron chi connectivity index (χ3n) is 3.46. The van der Waals surface area contributed by atoms with Crippen molar-refractivity contribution in [3.05, 3.63) is 23.8 Å². The zero-order valence-electron chi connectivity index (χ0n) is 14.3. The summed E-state index contributed by atoms with van der Waals surface area (Å²) in [6, 6.07) is 5.30. The van der Waals surface area contributed by atoms with E-state index in [1.165, 1.54) is 0 Å². The average molecular weight is 338 g/mol. The third-order valence-corrected chi connectivity index (χ3v) is 3.46. The van der Waals surface area contributed by atoms with Gasteiger partial charge in [0.05, 0.1) is 39.6 Å². The van der Waals surface area contributed by atoms with Crippen molar-refractivity contribution in [3.8, 4) is 11.5 Å². The van der Waals surface area contributed by atoms with E-state index in [2.05, 4.69) is 0 Å². The zero-order valence-corrected chi connectivity index (χ0v) is 14.3. The van der Waals surface area contributed by atoms with Crippen LogP contribution in [0.4, 0.5) is 0 Å². The van der Waals surface area contributed by atoms with Crippen LogP contribution in [0.25, 0.3) is 0 Å². The van der Waals surface area contributed by atoms with Crippen molar-refractivity contribution >= 4 is 5.78 Å². The van der Waals surface area contributed by atoms with E-state index >= 15 is 0 Å². The first-order valence-electron chi connectivity index (χ1n) is 8.47. The molecule has 2 rings (SSSR count). The number of ether oxygens (including phenoxy) is 5. The number of hydrogen-bond acceptors (Lipinski definition) is 6. The maximum Gasteiger partial charge on any atom is 0.163 e. The second-order valence-electron chi connectivity index (χ2n) is 5.37. The molecular weight excluding hydrogens is 312 g/mol. The predicted octanol–water partition coefficient (Wildman–Crippen LogP) is 2.49. The van der Waals surface area contributed by atoms with Crippen molar-refractivity contribution in [1.29, 1.82) is 0 Å². The summed E-state index contributed by atoms with van der Waals surface area (Å²) in [5.41, 5.74) is 0.641. The fourth-order valence-electron chi connectivity index (χ4n) is 2.25. The Hall–Kier alpha value is -1.63. The highest BCUT2D eigenvalue weighted by molar-refractivity contribution is 5.96. The van der Waals surface area contributed by atoms with Crippen LogP contribution in [0, 0.1) is 0 Å². The van der Waals surface area contributed by atoms with Gasteiger partial charge in [-0.1, -0.05) is 6.92 Å². The number of ketones is 1. The summed E-state index contributed by atoms with van der Waals surface area (Å²) in [6.45, 7) is 5.82. The molecule has 0 spiro atoms. The summed E-state index contributed by atoms with van der Waals surface area (Å²) in [5.74, 6) is 1.28. The van der Waals surface area contributed by atoms with Gasteiger partial charge in [-0.25, -0.2) is 0 Å². The Bertz CT molecular complexity index is 502. The molecule has 0 saturated carbocycles. The van der Waals surface area contributed by atoms with E-state index in [1.807, 2.05) is 6.92 Å². The molecule has 0 atom stereocenters. The van der Waals surface area contributed by atoms with Gasteiger partial charge in [0.25, 0.3) is 0 Å². The third kappa shape index (κ3) is 6.47. The first-order valence-corrected chi connectivity index (χ1v) is 8.47. The second kappa shape index (κ2) is 11.0. The molecule has 0 unspecified atom stereocenters. The van der Waals surface area contributed by atoms with Gasteiger partial charge in [0, 0.05) is 12.0 Å². The Morgan fingerprint density at radius 1 is 0.833 bits per heavy atom. The maximum absolute atomic E-state index is 12.1. The molecule has 0 aromatic heterocycles. The van der Waals surface area contributed by atoms with E-state index < -0.39 is 0 Å². The normalized spacial score (nSPS) is 17.5. The van der Waals surface area contributed by atoms with E-state index in [9.17, 15) is 4.79 Å². The minimum absolute atomic E-state index is 0.108. The van der Waals surface area contributed by atoms with Gasteiger partial charge >= 0.3 is 0 Å². The van der Waals surface area contributed by atoms with Gasteiger partial charge < -0.3 is 23.7 Å². The van der Waals surface area contributed by atoms with Crippen molar-refractivity contribution in [2.45, 2.75) is 19.8 Å². The first kappa shape index (κ1) is 18.7. The van der Waals surface area contributed by atoms with Crippen LogP contribution in [-0.2, 0) is 14.2 Å². The molecule has 0 fully saturated rings. The molecule has 0 aliphatic carbocycles. The number of carbonyl (C=O) groups is 1. The summed E-state index contributed by atoms with van der Waals surface area (Å²) < 4.78 is 27.7. The molecule has 0 bridgehead atoms. The summed E-state index contributed by atoms with van der Waals surface area (Å²) in [5, 5.41) is 0. The standard InChI is InChI=1S/C18H26O6/c1-2-3-16(19)15-4-5-17-18(14-15)24-13-11-22-9-7-20-6-8-21-10-12-23-17/h4-5,14H,2-3,6-13H2,1H3. The van der Waals surface area contributed by atoms with Crippen molar-refractivity contribution in [1.82, 2.24) is 0 Å². The summed E-state index contributed by atoms with van der Waals surface area (Å²) in [7, 11) is 0. The monoisotopic (exact) mass is 338 g/mol. The largest absolute Gasteiger partial charge is 0.487 e. The summed E-state index contributed by atoms with van der Waals surface area (Å²) >= 11 is 0. The van der Waals surface area contributed by atoms with E-state index in [0.717, 1.165) is 6.42 Å². The zero-order chi connectivity index (χ0) is 17.0. The molecule has 1 aromatic carbocycles. The lowest BCUT2D eigenvalue weighted by molar-refractivity contribution is 0.00708. The number of rotatable bonds is 3. The maximum atomic E-state index is 12.1. The minimum atomic E-state index is 0.108. The smallest absolute Gasteiger partial charge is 0.163 e. The molecule has 0 N–H and O–H groups in total. The van der Waals surface area contributed by atoms with Gasteiger partial charge in [0.2, 0.25) is 0 Å². The summed E-state index contributed by atoms with van der Waals surface area (Å²) in [4.78, 5) is 12.1. The predicted molar refractivity (Wildman–Crippen MR) is 89.1 cm³/mol. The van der Waals surface area contributed by atoms with Crippen LogP contribution in [-0.4, -0.2) is 58.6 Å². The van der Waals surface area contributed by atoms with Crippen molar-refractivity contribution < 1.29 is 28.5 Å². The molecule has 24 heavy (non-hydrogen) atoms. The Morgan fingerprint density at radius 3 is 1.96 bits per heavy atom. The molecule has 1 aromatic rings. The van der Waals surface area contributed by atoms with Crippen molar-refractivity contribution in [2.24, 2.45) is 0 Å². The summed E-state index contributed by atoms with van der Waals surface area (Å²) in [6.07, 6.45) is 1.34. The quantitative estimate of drug-likeness (QED) is 0.789. The fourth-order valence-corrected chi connectivity index (χ4v) is 2.25. The van der Waals surface area contributed by atoms with Crippen LogP contribution in [0.15, 0.2) is 18.2 Å². The second-order valence-corrected chi connectivity index (χ2v) is 5.37. The van der Waals surface area contributed by atoms with Crippen LogP contribution in [0.3, 0.4) is 0 Å². The van der Waals surface area contributed by atoms with E-state index in [-0.39, 0.29) is 5.78 Å². The number of carbonyl (C=O) groups excluding carboxylic acids is 1. The Morgan fingerprint density at radius 2 is 1.38 bits per heavy atom. The van der Waals surface area contributed by atoms with E-state index in [0.29, 0.717) is 76.3 Å². The fraction of sp³-hybridized carbons (Fsp3) is 0.611. The van der Waals surface area contributed by atoms with Gasteiger partial charge in [0.1, 0.15) is 13.2 Å². The Balaban J connectivity index is 2.04. The highest BCUT2D eigenvalue weighted by atomic mass is 16.6. The van der Waals surface area contributed by atoms with Crippen LogP contribution >= 0.6 is 0 Å². The van der Waals surface area contributed by atoms with Crippen molar-refractivity contribution in [2.75, 3.05) is 52.9 Å². The van der Waals surface area contributed by atoms with Crippen LogP contribution < -0.4 is 9.47 Å². The van der Waals surface area contributed by atoms with Gasteiger partial charge in [-0.3, -0.25) is 4.79 Å². The number of fused-ring (bicyclic) bond motifs is 1. The SMILES string of the molecule is CCCC(=O)c1ccc2c(c1)OCCOCCOCCOCCO2. The topological polar surface area (TPSA) is 63.2 Å². The van der Waals surface area contributed by atoms with Gasteiger partial charge in [-0.15, -0.1) is 0 Å². The minimum Gasteiger partial charge on any atom is -0.487 e. The molecule has 0 amide bonds. The molecule has 1 aliphatic rings. The molecule has 6 heteroatoms. The van der Waals surface area contributed by atoms with Gasteiger partial charge in [0.15, 0.2) is 17.3 Å². The number of hydrogen-bond donors (Lipinski definition) is 0. The Kier molecular flexibility index (Phi) is 8.59. The average Bonchev–Trinajstić information content (AvgIpc) is 2.60. The van der Waals surface area contributed by atoms with Crippen LogP contribution in [0.5, 0.6) is 11.5 Å². The van der Waals surface area contributed by atoms with Crippen LogP contribution in [0.1, 0.15) is 30.1 Å². The first-order chi connectivity index (χ1) is 11.8. The van der Waals surface area contributed by atoms with Gasteiger partial charge in [-0.05, 0) is 24.6 Å². The molecular formula is C18H26O6. The highest BCUT2D eigenvalue weighted by Gasteiger charge is 2.12. The number of benzene rings is 1.